The second-order valence-electron chi connectivity index (χ2n) is 8.56. The number of anilines is 1. The van der Waals surface area contributed by atoms with Crippen LogP contribution in [0, 0.1) is 0 Å². The largest absolute Gasteiger partial charge is 0.454 e. The lowest BCUT2D eigenvalue weighted by Crippen LogP contribution is -2.52. The van der Waals surface area contributed by atoms with E-state index in [0.29, 0.717) is 33.5 Å². The normalized spacial score (nSPS) is 14.2. The summed E-state index contributed by atoms with van der Waals surface area (Å²) in [5, 5.41) is 3.62. The molecule has 2 aromatic carbocycles. The molecule has 0 fully saturated rings. The number of ether oxygens (including phenoxy) is 2. The van der Waals surface area contributed by atoms with Crippen LogP contribution in [0.4, 0.5) is 5.69 Å². The standard InChI is InChI=1S/C24H29Cl2N3O6S/c1-5-15(2)27-24(31)16(3)28(12-17-6-7-18(25)10-20(17)26)23(30)13-29(36(4,32)33)19-8-9-21-22(11-19)35-14-34-21/h6-11,15-16H,5,12-14H2,1-4H3,(H,27,31)/t15-,16-/m1/s1. The van der Waals surface area contributed by atoms with Gasteiger partial charge in [0.15, 0.2) is 11.5 Å². The molecule has 36 heavy (non-hydrogen) atoms. The molecule has 0 bridgehead atoms. The Morgan fingerprint density at radius 3 is 2.42 bits per heavy atom. The molecule has 2 atom stereocenters. The van der Waals surface area contributed by atoms with Gasteiger partial charge in [0.1, 0.15) is 12.6 Å². The van der Waals surface area contributed by atoms with Gasteiger partial charge in [-0.05, 0) is 50.1 Å². The average molecular weight is 558 g/mol. The maximum absolute atomic E-state index is 13.6. The number of amides is 2. The zero-order valence-corrected chi connectivity index (χ0v) is 22.8. The summed E-state index contributed by atoms with van der Waals surface area (Å²) in [4.78, 5) is 27.9. The Kier molecular flexibility index (Phi) is 8.97. The third kappa shape index (κ3) is 6.74. The predicted molar refractivity (Wildman–Crippen MR) is 139 cm³/mol. The molecular formula is C24H29Cl2N3O6S. The van der Waals surface area contributed by atoms with Crippen molar-refractivity contribution in [1.29, 1.82) is 0 Å². The van der Waals surface area contributed by atoms with E-state index >= 15 is 0 Å². The van der Waals surface area contributed by atoms with Crippen LogP contribution in [0.5, 0.6) is 11.5 Å². The summed E-state index contributed by atoms with van der Waals surface area (Å²) < 4.78 is 37.0. The van der Waals surface area contributed by atoms with Crippen molar-refractivity contribution < 1.29 is 27.5 Å². The Morgan fingerprint density at radius 1 is 1.08 bits per heavy atom. The monoisotopic (exact) mass is 557 g/mol. The number of hydrogen-bond donors (Lipinski definition) is 1. The summed E-state index contributed by atoms with van der Waals surface area (Å²) in [7, 11) is -3.87. The van der Waals surface area contributed by atoms with Crippen molar-refractivity contribution in [2.45, 2.75) is 45.8 Å². The molecule has 0 saturated heterocycles. The molecule has 9 nitrogen and oxygen atoms in total. The Hall–Kier alpha value is -2.69. The molecule has 1 aliphatic rings. The average Bonchev–Trinajstić information content (AvgIpc) is 3.28. The summed E-state index contributed by atoms with van der Waals surface area (Å²) in [5.41, 5.74) is 0.794. The van der Waals surface area contributed by atoms with Gasteiger partial charge >= 0.3 is 0 Å². The number of carbonyl (C=O) groups excluding carboxylic acids is 2. The highest BCUT2D eigenvalue weighted by atomic mass is 35.5. The number of benzene rings is 2. The molecule has 0 unspecified atom stereocenters. The fraction of sp³-hybridized carbons (Fsp3) is 0.417. The summed E-state index contributed by atoms with van der Waals surface area (Å²) >= 11 is 12.4. The van der Waals surface area contributed by atoms with E-state index in [1.165, 1.54) is 17.0 Å². The van der Waals surface area contributed by atoms with Crippen molar-refractivity contribution in [3.05, 3.63) is 52.0 Å². The van der Waals surface area contributed by atoms with Crippen LogP contribution >= 0.6 is 23.2 Å². The second kappa shape index (κ2) is 11.6. The lowest BCUT2D eigenvalue weighted by atomic mass is 10.1. The zero-order chi connectivity index (χ0) is 26.6. The van der Waals surface area contributed by atoms with Crippen molar-refractivity contribution in [2.75, 3.05) is 23.9 Å². The minimum atomic E-state index is -3.87. The van der Waals surface area contributed by atoms with Gasteiger partial charge in [-0.15, -0.1) is 0 Å². The van der Waals surface area contributed by atoms with Gasteiger partial charge in [-0.3, -0.25) is 13.9 Å². The van der Waals surface area contributed by atoms with E-state index in [-0.39, 0.29) is 31.0 Å². The third-order valence-corrected chi connectivity index (χ3v) is 7.57. The van der Waals surface area contributed by atoms with Gasteiger partial charge in [0, 0.05) is 28.7 Å². The van der Waals surface area contributed by atoms with E-state index in [4.69, 9.17) is 32.7 Å². The molecule has 0 saturated carbocycles. The van der Waals surface area contributed by atoms with Crippen molar-refractivity contribution in [1.82, 2.24) is 10.2 Å². The number of rotatable bonds is 10. The Balaban J connectivity index is 1.93. The third-order valence-electron chi connectivity index (χ3n) is 5.85. The van der Waals surface area contributed by atoms with E-state index in [1.807, 2.05) is 13.8 Å². The quantitative estimate of drug-likeness (QED) is 0.476. The highest BCUT2D eigenvalue weighted by Crippen LogP contribution is 2.36. The van der Waals surface area contributed by atoms with Crippen LogP contribution in [0.1, 0.15) is 32.8 Å². The van der Waals surface area contributed by atoms with Crippen molar-refractivity contribution in [3.63, 3.8) is 0 Å². The molecule has 1 aliphatic heterocycles. The van der Waals surface area contributed by atoms with Gasteiger partial charge in [0.05, 0.1) is 11.9 Å². The van der Waals surface area contributed by atoms with Crippen molar-refractivity contribution >= 4 is 50.7 Å². The lowest BCUT2D eigenvalue weighted by Gasteiger charge is -2.32. The van der Waals surface area contributed by atoms with E-state index in [2.05, 4.69) is 5.32 Å². The first kappa shape index (κ1) is 27.9. The molecule has 2 aromatic rings. The van der Waals surface area contributed by atoms with Crippen molar-refractivity contribution in [3.8, 4) is 11.5 Å². The molecule has 0 aliphatic carbocycles. The lowest BCUT2D eigenvalue weighted by molar-refractivity contribution is -0.139. The number of hydrogen-bond acceptors (Lipinski definition) is 6. The maximum atomic E-state index is 13.6. The smallest absolute Gasteiger partial charge is 0.244 e. The molecule has 0 radical (unpaired) electrons. The van der Waals surface area contributed by atoms with Crippen LogP contribution in [0.3, 0.4) is 0 Å². The van der Waals surface area contributed by atoms with E-state index < -0.39 is 28.5 Å². The molecule has 196 valence electrons. The van der Waals surface area contributed by atoms with E-state index in [9.17, 15) is 18.0 Å². The Morgan fingerprint density at radius 2 is 1.78 bits per heavy atom. The predicted octanol–water partition coefficient (Wildman–Crippen LogP) is 3.82. The van der Waals surface area contributed by atoms with E-state index in [0.717, 1.165) is 10.6 Å². The first-order valence-electron chi connectivity index (χ1n) is 11.3. The highest BCUT2D eigenvalue weighted by Gasteiger charge is 2.31. The topological polar surface area (TPSA) is 105 Å². The van der Waals surface area contributed by atoms with Gasteiger partial charge < -0.3 is 19.7 Å². The van der Waals surface area contributed by atoms with Crippen LogP contribution < -0.4 is 19.1 Å². The number of nitrogens with one attached hydrogen (secondary N) is 1. The van der Waals surface area contributed by atoms with Gasteiger partial charge in [0.2, 0.25) is 28.6 Å². The molecule has 0 spiro atoms. The van der Waals surface area contributed by atoms with Crippen LogP contribution in [0.2, 0.25) is 10.0 Å². The molecule has 0 aromatic heterocycles. The van der Waals surface area contributed by atoms with E-state index in [1.54, 1.807) is 31.2 Å². The minimum absolute atomic E-state index is 0.0228. The number of halogens is 2. The second-order valence-corrected chi connectivity index (χ2v) is 11.3. The highest BCUT2D eigenvalue weighted by molar-refractivity contribution is 7.92. The summed E-state index contributed by atoms with van der Waals surface area (Å²) in [5.74, 6) is -0.0970. The Bertz CT molecular complexity index is 1240. The van der Waals surface area contributed by atoms with Gasteiger partial charge in [-0.25, -0.2) is 8.42 Å². The number of sulfonamides is 1. The molecule has 12 heteroatoms. The fourth-order valence-electron chi connectivity index (χ4n) is 3.54. The zero-order valence-electron chi connectivity index (χ0n) is 20.5. The first-order valence-corrected chi connectivity index (χ1v) is 13.9. The summed E-state index contributed by atoms with van der Waals surface area (Å²) in [6.07, 6.45) is 1.71. The van der Waals surface area contributed by atoms with Crippen LogP contribution in [0.15, 0.2) is 36.4 Å². The number of carbonyl (C=O) groups is 2. The fourth-order valence-corrected chi connectivity index (χ4v) is 4.85. The molecule has 1 heterocycles. The maximum Gasteiger partial charge on any atom is 0.244 e. The van der Waals surface area contributed by atoms with Crippen molar-refractivity contribution in [2.24, 2.45) is 0 Å². The van der Waals surface area contributed by atoms with Gasteiger partial charge in [-0.1, -0.05) is 36.2 Å². The van der Waals surface area contributed by atoms with Crippen LogP contribution in [-0.4, -0.2) is 56.8 Å². The van der Waals surface area contributed by atoms with Crippen LogP contribution in [-0.2, 0) is 26.2 Å². The first-order chi connectivity index (χ1) is 16.9. The molecule has 3 rings (SSSR count). The summed E-state index contributed by atoms with van der Waals surface area (Å²) in [6.45, 7) is 4.84. The molecule has 2 amide bonds. The molecular weight excluding hydrogens is 529 g/mol. The summed E-state index contributed by atoms with van der Waals surface area (Å²) in [6, 6.07) is 8.43. The van der Waals surface area contributed by atoms with Gasteiger partial charge in [-0.2, -0.15) is 0 Å². The minimum Gasteiger partial charge on any atom is -0.454 e. The SMILES string of the molecule is CC[C@@H](C)NC(=O)[C@@H](C)N(Cc1ccc(Cl)cc1Cl)C(=O)CN(c1ccc2c(c1)OCO2)S(C)(=O)=O. The number of fused-ring (bicyclic) bond motifs is 1. The number of nitrogens with zero attached hydrogens (tertiary/aromatic N) is 2. The molecule has 1 N–H and O–H groups in total. The van der Waals surface area contributed by atoms with Gasteiger partial charge in [0.25, 0.3) is 0 Å². The Labute approximate surface area is 221 Å². The van der Waals surface area contributed by atoms with Crippen LogP contribution in [0.25, 0.3) is 0 Å².